The summed E-state index contributed by atoms with van der Waals surface area (Å²) in [5.74, 6) is 0.0491. The fraction of sp³-hybridized carbons (Fsp3) is 0.560. The number of aromatic amines is 1. The van der Waals surface area contributed by atoms with Crippen LogP contribution in [0.4, 0.5) is 0 Å². The number of pyridine rings is 1. The Balaban J connectivity index is 1.41. The van der Waals surface area contributed by atoms with E-state index in [4.69, 9.17) is 9.47 Å². The summed E-state index contributed by atoms with van der Waals surface area (Å²) in [6.45, 7) is 8.26. The number of nitrogens with one attached hydrogen (secondary N) is 1. The van der Waals surface area contributed by atoms with E-state index in [0.717, 1.165) is 80.6 Å². The fourth-order valence-electron chi connectivity index (χ4n) is 5.14. The number of carbonyl (C=O) groups excluding carboxylic acids is 1. The lowest BCUT2D eigenvalue weighted by Crippen LogP contribution is -2.49. The van der Waals surface area contributed by atoms with Crippen molar-refractivity contribution in [2.75, 3.05) is 59.7 Å². The van der Waals surface area contributed by atoms with Crippen molar-refractivity contribution in [3.63, 3.8) is 0 Å². The molecule has 9 nitrogen and oxygen atoms in total. The molecule has 2 aliphatic heterocycles. The monoisotopic (exact) mass is 467 g/mol. The van der Waals surface area contributed by atoms with Gasteiger partial charge in [-0.05, 0) is 50.4 Å². The van der Waals surface area contributed by atoms with Gasteiger partial charge in [-0.2, -0.15) is 5.10 Å². The molecule has 182 valence electrons. The number of nitrogens with zero attached hydrogens (tertiary/aromatic N) is 4. The van der Waals surface area contributed by atoms with E-state index in [9.17, 15) is 9.59 Å². The summed E-state index contributed by atoms with van der Waals surface area (Å²) in [6, 6.07) is 3.95. The lowest BCUT2D eigenvalue weighted by Gasteiger charge is -2.35. The average Bonchev–Trinajstić information content (AvgIpc) is 3.52. The molecule has 1 N–H and O–H groups in total. The largest absolute Gasteiger partial charge is 0.385 e. The highest BCUT2D eigenvalue weighted by Crippen LogP contribution is 2.29. The van der Waals surface area contributed by atoms with Crippen LogP contribution in [0.1, 0.15) is 41.2 Å². The molecule has 3 aromatic rings. The van der Waals surface area contributed by atoms with Crippen LogP contribution < -0.4 is 5.56 Å². The van der Waals surface area contributed by atoms with Crippen LogP contribution in [-0.2, 0) is 9.47 Å². The quantitative estimate of drug-likeness (QED) is 0.536. The topological polar surface area (TPSA) is 92.7 Å². The molecule has 9 heteroatoms. The van der Waals surface area contributed by atoms with Crippen molar-refractivity contribution < 1.29 is 14.3 Å². The van der Waals surface area contributed by atoms with Crippen LogP contribution in [0.2, 0.25) is 0 Å². The maximum absolute atomic E-state index is 13.5. The first kappa shape index (κ1) is 23.0. The molecule has 5 rings (SSSR count). The number of aromatic nitrogens is 3. The number of benzene rings is 1. The van der Waals surface area contributed by atoms with Gasteiger partial charge < -0.3 is 19.4 Å². The van der Waals surface area contributed by atoms with E-state index in [2.05, 4.69) is 15.0 Å². The van der Waals surface area contributed by atoms with E-state index in [0.29, 0.717) is 24.2 Å². The number of carbonyl (C=O) groups is 1. The molecule has 1 amide bonds. The van der Waals surface area contributed by atoms with E-state index in [1.165, 1.54) is 0 Å². The van der Waals surface area contributed by atoms with E-state index in [-0.39, 0.29) is 17.5 Å². The van der Waals surface area contributed by atoms with E-state index in [1.54, 1.807) is 13.3 Å². The first-order chi connectivity index (χ1) is 16.6. The molecule has 2 aliphatic rings. The van der Waals surface area contributed by atoms with Crippen molar-refractivity contribution in [3.05, 3.63) is 39.8 Å². The Bertz CT molecular complexity index is 1240. The average molecular weight is 468 g/mol. The summed E-state index contributed by atoms with van der Waals surface area (Å²) in [4.78, 5) is 33.6. The van der Waals surface area contributed by atoms with Gasteiger partial charge in [-0.15, -0.1) is 0 Å². The SMILES string of the molecule is COCCCCN1CCN(C(=O)c2cc3c(cc2C)[nH]c(=O)c2cnn([C@H]4CCOC4)c23)CC1. The highest BCUT2D eigenvalue weighted by Gasteiger charge is 2.26. The zero-order chi connectivity index (χ0) is 23.7. The van der Waals surface area contributed by atoms with Crippen LogP contribution >= 0.6 is 0 Å². The summed E-state index contributed by atoms with van der Waals surface area (Å²) in [7, 11) is 1.73. The number of hydrogen-bond donors (Lipinski definition) is 1. The van der Waals surface area contributed by atoms with Crippen molar-refractivity contribution in [1.29, 1.82) is 0 Å². The van der Waals surface area contributed by atoms with Crippen molar-refractivity contribution in [2.45, 2.75) is 32.2 Å². The molecule has 0 bridgehead atoms. The summed E-state index contributed by atoms with van der Waals surface area (Å²) in [5, 5.41) is 5.92. The minimum Gasteiger partial charge on any atom is -0.385 e. The standard InChI is InChI=1S/C25H33N5O4/c1-17-13-22-20(23-21(24(31)27-22)15-26-30(23)18-5-12-34-16-18)14-19(17)25(32)29-9-7-28(8-10-29)6-3-4-11-33-2/h13-15,18H,3-12,16H2,1-2H3,(H,27,31)/t18-/m0/s1. The predicted octanol–water partition coefficient (Wildman–Crippen LogP) is 2.33. The van der Waals surface area contributed by atoms with Crippen LogP contribution in [0, 0.1) is 6.92 Å². The highest BCUT2D eigenvalue weighted by atomic mass is 16.5. The number of aryl methyl sites for hydroxylation is 1. The number of unbranched alkanes of at least 4 members (excludes halogenated alkanes) is 1. The van der Waals surface area contributed by atoms with Crippen molar-refractivity contribution in [1.82, 2.24) is 24.6 Å². The highest BCUT2D eigenvalue weighted by molar-refractivity contribution is 6.07. The Hall–Kier alpha value is -2.75. The molecule has 1 atom stereocenters. The lowest BCUT2D eigenvalue weighted by atomic mass is 10.0. The number of fused-ring (bicyclic) bond motifs is 3. The number of piperazine rings is 1. The van der Waals surface area contributed by atoms with Gasteiger partial charge in [-0.25, -0.2) is 0 Å². The van der Waals surface area contributed by atoms with Crippen molar-refractivity contribution in [2.24, 2.45) is 0 Å². The zero-order valence-corrected chi connectivity index (χ0v) is 20.0. The van der Waals surface area contributed by atoms with Crippen LogP contribution in [0.3, 0.4) is 0 Å². The van der Waals surface area contributed by atoms with E-state index in [1.807, 2.05) is 28.6 Å². The Kier molecular flexibility index (Phi) is 6.67. The van der Waals surface area contributed by atoms with Crippen LogP contribution in [-0.4, -0.2) is 90.1 Å². The molecule has 4 heterocycles. The maximum Gasteiger partial charge on any atom is 0.259 e. The summed E-state index contributed by atoms with van der Waals surface area (Å²) < 4.78 is 12.6. The molecule has 2 saturated heterocycles. The molecule has 0 aliphatic carbocycles. The maximum atomic E-state index is 13.5. The Morgan fingerprint density at radius 1 is 1.21 bits per heavy atom. The first-order valence-corrected chi connectivity index (χ1v) is 12.2. The fourth-order valence-corrected chi connectivity index (χ4v) is 5.14. The third-order valence-corrected chi connectivity index (χ3v) is 7.12. The number of methoxy groups -OCH3 is 1. The minimum absolute atomic E-state index is 0.0491. The second-order valence-corrected chi connectivity index (χ2v) is 9.37. The third kappa shape index (κ3) is 4.35. The van der Waals surface area contributed by atoms with Gasteiger partial charge in [0.15, 0.2) is 0 Å². The van der Waals surface area contributed by atoms with Crippen LogP contribution in [0.15, 0.2) is 23.1 Å². The summed E-state index contributed by atoms with van der Waals surface area (Å²) in [5.41, 5.74) is 2.90. The van der Waals surface area contributed by atoms with Crippen molar-refractivity contribution >= 4 is 27.7 Å². The normalized spacial score (nSPS) is 19.5. The van der Waals surface area contributed by atoms with E-state index < -0.39 is 0 Å². The number of ether oxygens (including phenoxy) is 2. The molecule has 34 heavy (non-hydrogen) atoms. The molecule has 0 radical (unpaired) electrons. The van der Waals surface area contributed by atoms with Gasteiger partial charge in [-0.1, -0.05) is 0 Å². The lowest BCUT2D eigenvalue weighted by molar-refractivity contribution is 0.0632. The molecule has 0 saturated carbocycles. The Labute approximate surface area is 198 Å². The Morgan fingerprint density at radius 2 is 2.03 bits per heavy atom. The molecular formula is C25H33N5O4. The van der Waals surface area contributed by atoms with Gasteiger partial charge in [0.05, 0.1) is 35.3 Å². The summed E-state index contributed by atoms with van der Waals surface area (Å²) >= 11 is 0. The van der Waals surface area contributed by atoms with Gasteiger partial charge in [0.2, 0.25) is 0 Å². The number of amides is 1. The van der Waals surface area contributed by atoms with Gasteiger partial charge >= 0.3 is 0 Å². The van der Waals surface area contributed by atoms with Gasteiger partial charge in [0.25, 0.3) is 11.5 Å². The van der Waals surface area contributed by atoms with Gasteiger partial charge in [-0.3, -0.25) is 19.2 Å². The number of rotatable bonds is 7. The minimum atomic E-state index is -0.159. The second-order valence-electron chi connectivity index (χ2n) is 9.37. The molecular weight excluding hydrogens is 434 g/mol. The first-order valence-electron chi connectivity index (χ1n) is 12.2. The van der Waals surface area contributed by atoms with E-state index >= 15 is 0 Å². The third-order valence-electron chi connectivity index (χ3n) is 7.12. The zero-order valence-electron chi connectivity index (χ0n) is 20.0. The Morgan fingerprint density at radius 3 is 2.76 bits per heavy atom. The predicted molar refractivity (Wildman–Crippen MR) is 131 cm³/mol. The summed E-state index contributed by atoms with van der Waals surface area (Å²) in [6.07, 6.45) is 4.66. The molecule has 2 fully saturated rings. The van der Waals surface area contributed by atoms with Gasteiger partial charge in [0, 0.05) is 57.5 Å². The number of hydrogen-bond acceptors (Lipinski definition) is 6. The number of H-pyrrole nitrogens is 1. The molecule has 1 aromatic carbocycles. The second kappa shape index (κ2) is 9.85. The molecule has 0 unspecified atom stereocenters. The van der Waals surface area contributed by atoms with Crippen LogP contribution in [0.25, 0.3) is 21.8 Å². The van der Waals surface area contributed by atoms with Crippen molar-refractivity contribution in [3.8, 4) is 0 Å². The van der Waals surface area contributed by atoms with Crippen LogP contribution in [0.5, 0.6) is 0 Å². The van der Waals surface area contributed by atoms with Gasteiger partial charge in [0.1, 0.15) is 0 Å². The molecule has 0 spiro atoms. The smallest absolute Gasteiger partial charge is 0.259 e. The molecule has 2 aromatic heterocycles.